The van der Waals surface area contributed by atoms with Crippen molar-refractivity contribution < 1.29 is 26.3 Å². The van der Waals surface area contributed by atoms with Crippen molar-refractivity contribution in [1.29, 1.82) is 0 Å². The minimum absolute atomic E-state index is 0.00422. The third kappa shape index (κ3) is 3.11. The summed E-state index contributed by atoms with van der Waals surface area (Å²) in [6.45, 7) is 0. The van der Waals surface area contributed by atoms with E-state index in [1.807, 2.05) is 0 Å². The third-order valence-electron chi connectivity index (χ3n) is 5.47. The highest BCUT2D eigenvalue weighted by Gasteiger charge is 2.21. The maximum atomic E-state index is 14.8. The van der Waals surface area contributed by atoms with Crippen molar-refractivity contribution in [3.05, 3.63) is 108 Å². The summed E-state index contributed by atoms with van der Waals surface area (Å²) in [5.74, 6) is -6.12. The minimum Gasteiger partial charge on any atom is -0.207 e. The van der Waals surface area contributed by atoms with Crippen LogP contribution in [0.4, 0.5) is 26.3 Å². The molecule has 0 aromatic heterocycles. The summed E-state index contributed by atoms with van der Waals surface area (Å²) >= 11 is 0. The highest BCUT2D eigenvalue weighted by atomic mass is 19.2. The monoisotopic (exact) mass is 438 g/mol. The van der Waals surface area contributed by atoms with Crippen LogP contribution in [0.25, 0.3) is 43.8 Å². The van der Waals surface area contributed by atoms with Gasteiger partial charge in [-0.25, -0.2) is 26.3 Å². The predicted octanol–water partition coefficient (Wildman–Crippen LogP) is 8.16. The Bertz CT molecular complexity index is 1540. The zero-order chi connectivity index (χ0) is 22.6. The summed E-state index contributed by atoms with van der Waals surface area (Å²) in [6.07, 6.45) is 0. The molecule has 0 spiro atoms. The summed E-state index contributed by atoms with van der Waals surface area (Å²) in [6, 6.07) is 14.8. The molecule has 0 bridgehead atoms. The number of halogens is 6. The van der Waals surface area contributed by atoms with Crippen molar-refractivity contribution in [3.8, 4) is 22.3 Å². The van der Waals surface area contributed by atoms with Crippen LogP contribution in [0.1, 0.15) is 0 Å². The van der Waals surface area contributed by atoms with Gasteiger partial charge in [0.05, 0.1) is 0 Å². The van der Waals surface area contributed by atoms with Gasteiger partial charge in [-0.05, 0) is 69.1 Å². The number of benzene rings is 5. The standard InChI is InChI=1S/C26H12F6/c27-14-6-7-17(21(29)10-14)26-16-4-2-1-3-15(16)25(13-5-8-20(28)22(30)9-13)18-11-23(31)24(32)12-19(18)26/h1-12H. The van der Waals surface area contributed by atoms with E-state index in [1.54, 1.807) is 24.3 Å². The van der Waals surface area contributed by atoms with Crippen LogP contribution in [0.3, 0.4) is 0 Å². The van der Waals surface area contributed by atoms with Crippen molar-refractivity contribution in [1.82, 2.24) is 0 Å². The molecule has 5 rings (SSSR count). The van der Waals surface area contributed by atoms with E-state index in [0.29, 0.717) is 22.4 Å². The number of rotatable bonds is 2. The molecule has 0 amide bonds. The van der Waals surface area contributed by atoms with Crippen LogP contribution in [-0.4, -0.2) is 0 Å². The van der Waals surface area contributed by atoms with E-state index in [4.69, 9.17) is 0 Å². The average molecular weight is 438 g/mol. The lowest BCUT2D eigenvalue weighted by Gasteiger charge is -2.18. The zero-order valence-corrected chi connectivity index (χ0v) is 16.2. The van der Waals surface area contributed by atoms with Gasteiger partial charge in [0.15, 0.2) is 23.3 Å². The van der Waals surface area contributed by atoms with Gasteiger partial charge in [-0.1, -0.05) is 30.3 Å². The van der Waals surface area contributed by atoms with Gasteiger partial charge in [-0.15, -0.1) is 0 Å². The van der Waals surface area contributed by atoms with Gasteiger partial charge in [-0.2, -0.15) is 0 Å². The van der Waals surface area contributed by atoms with Gasteiger partial charge >= 0.3 is 0 Å². The Morgan fingerprint density at radius 3 is 1.62 bits per heavy atom. The summed E-state index contributed by atoms with van der Waals surface area (Å²) in [4.78, 5) is 0. The lowest BCUT2D eigenvalue weighted by Crippen LogP contribution is -1.96. The summed E-state index contributed by atoms with van der Waals surface area (Å²) in [5.41, 5.74) is 0.802. The molecule has 0 N–H and O–H groups in total. The maximum absolute atomic E-state index is 14.8. The van der Waals surface area contributed by atoms with Gasteiger partial charge in [0.2, 0.25) is 0 Å². The van der Waals surface area contributed by atoms with Gasteiger partial charge in [0.1, 0.15) is 11.6 Å². The van der Waals surface area contributed by atoms with E-state index in [-0.39, 0.29) is 27.5 Å². The van der Waals surface area contributed by atoms with E-state index in [9.17, 15) is 26.3 Å². The zero-order valence-electron chi connectivity index (χ0n) is 16.2. The lowest BCUT2D eigenvalue weighted by atomic mass is 9.85. The predicted molar refractivity (Wildman–Crippen MR) is 112 cm³/mol. The van der Waals surface area contributed by atoms with Crippen molar-refractivity contribution in [2.24, 2.45) is 0 Å². The number of fused-ring (bicyclic) bond motifs is 2. The van der Waals surface area contributed by atoms with Crippen LogP contribution in [0, 0.1) is 34.9 Å². The first kappa shape index (κ1) is 20.1. The topological polar surface area (TPSA) is 0 Å². The molecule has 32 heavy (non-hydrogen) atoms. The van der Waals surface area contributed by atoms with Gasteiger partial charge in [-0.3, -0.25) is 0 Å². The average Bonchev–Trinajstić information content (AvgIpc) is 2.76. The number of hydrogen-bond acceptors (Lipinski definition) is 0. The van der Waals surface area contributed by atoms with Crippen LogP contribution >= 0.6 is 0 Å². The Balaban J connectivity index is 2.03. The Kier molecular flexibility index (Phi) is 4.66. The fourth-order valence-electron chi connectivity index (χ4n) is 4.11. The van der Waals surface area contributed by atoms with Crippen molar-refractivity contribution in [2.45, 2.75) is 0 Å². The largest absolute Gasteiger partial charge is 0.207 e. The quantitative estimate of drug-likeness (QED) is 0.193. The molecular formula is C26H12F6. The normalized spacial score (nSPS) is 11.4. The van der Waals surface area contributed by atoms with Crippen LogP contribution < -0.4 is 0 Å². The molecule has 0 aliphatic carbocycles. The molecule has 0 atom stereocenters. The van der Waals surface area contributed by atoms with E-state index >= 15 is 0 Å². The molecular weight excluding hydrogens is 426 g/mol. The van der Waals surface area contributed by atoms with E-state index < -0.39 is 34.9 Å². The first-order chi connectivity index (χ1) is 15.3. The third-order valence-corrected chi connectivity index (χ3v) is 5.47. The van der Waals surface area contributed by atoms with E-state index in [0.717, 1.165) is 30.3 Å². The molecule has 5 aromatic carbocycles. The smallest absolute Gasteiger partial charge is 0.159 e. The van der Waals surface area contributed by atoms with Gasteiger partial charge in [0.25, 0.3) is 0 Å². The molecule has 158 valence electrons. The maximum Gasteiger partial charge on any atom is 0.159 e. The second kappa shape index (κ2) is 7.41. The van der Waals surface area contributed by atoms with E-state index in [2.05, 4.69) is 0 Å². The summed E-state index contributed by atoms with van der Waals surface area (Å²) in [7, 11) is 0. The molecule has 5 aromatic rings. The van der Waals surface area contributed by atoms with Crippen molar-refractivity contribution in [2.75, 3.05) is 0 Å². The second-order valence-electron chi connectivity index (χ2n) is 7.36. The van der Waals surface area contributed by atoms with Gasteiger partial charge < -0.3 is 0 Å². The SMILES string of the molecule is Fc1ccc(-c2c3ccccc3c(-c3ccc(F)c(F)c3)c3cc(F)c(F)cc23)c(F)c1. The lowest BCUT2D eigenvalue weighted by molar-refractivity contribution is 0.509. The van der Waals surface area contributed by atoms with Crippen LogP contribution in [0.15, 0.2) is 72.8 Å². The second-order valence-corrected chi connectivity index (χ2v) is 7.36. The van der Waals surface area contributed by atoms with Gasteiger partial charge in [0, 0.05) is 17.2 Å². The molecule has 0 fully saturated rings. The summed E-state index contributed by atoms with van der Waals surface area (Å²) in [5, 5.41) is 1.26. The highest BCUT2D eigenvalue weighted by molar-refractivity contribution is 6.21. The van der Waals surface area contributed by atoms with Crippen LogP contribution in [0.2, 0.25) is 0 Å². The molecule has 0 unspecified atom stereocenters. The minimum atomic E-state index is -1.16. The molecule has 0 aliphatic rings. The van der Waals surface area contributed by atoms with Crippen LogP contribution in [0.5, 0.6) is 0 Å². The fraction of sp³-hybridized carbons (Fsp3) is 0. The van der Waals surface area contributed by atoms with Crippen molar-refractivity contribution >= 4 is 21.5 Å². The summed E-state index contributed by atoms with van der Waals surface area (Å²) < 4.78 is 84.6. The molecule has 0 radical (unpaired) electrons. The first-order valence-corrected chi connectivity index (χ1v) is 9.59. The van der Waals surface area contributed by atoms with E-state index in [1.165, 1.54) is 12.1 Å². The molecule has 6 heteroatoms. The molecule has 0 nitrogen and oxygen atoms in total. The Morgan fingerprint density at radius 1 is 0.406 bits per heavy atom. The number of hydrogen-bond donors (Lipinski definition) is 0. The van der Waals surface area contributed by atoms with Crippen LogP contribution in [-0.2, 0) is 0 Å². The Hall–Kier alpha value is -3.80. The molecule has 0 heterocycles. The Labute approximate surface area is 178 Å². The van der Waals surface area contributed by atoms with Crippen molar-refractivity contribution in [3.63, 3.8) is 0 Å². The Morgan fingerprint density at radius 2 is 1.00 bits per heavy atom. The highest BCUT2D eigenvalue weighted by Crippen LogP contribution is 2.45. The first-order valence-electron chi connectivity index (χ1n) is 9.59. The molecule has 0 saturated heterocycles. The molecule has 0 saturated carbocycles. The fourth-order valence-corrected chi connectivity index (χ4v) is 4.11. The molecule has 0 aliphatic heterocycles.